The summed E-state index contributed by atoms with van der Waals surface area (Å²) in [5.41, 5.74) is 5.98. The third kappa shape index (κ3) is 2.58. The Bertz CT molecular complexity index is 377. The molecule has 0 spiro atoms. The summed E-state index contributed by atoms with van der Waals surface area (Å²) in [4.78, 5) is 10.9. The van der Waals surface area contributed by atoms with E-state index in [1.165, 1.54) is 0 Å². The summed E-state index contributed by atoms with van der Waals surface area (Å²) >= 11 is 3.35. The van der Waals surface area contributed by atoms with Gasteiger partial charge in [-0.25, -0.2) is 0 Å². The van der Waals surface area contributed by atoms with E-state index >= 15 is 0 Å². The van der Waals surface area contributed by atoms with Crippen LogP contribution in [0.3, 0.4) is 0 Å². The number of carboxylic acid groups (broad SMARTS) is 1. The van der Waals surface area contributed by atoms with E-state index in [0.29, 0.717) is 0 Å². The molecule has 1 aromatic carbocycles. The lowest BCUT2D eigenvalue weighted by molar-refractivity contribution is -0.140. The second-order valence-electron chi connectivity index (χ2n) is 4.05. The Labute approximate surface area is 97.4 Å². The Kier molecular flexibility index (Phi) is 3.52. The number of hydrogen-bond acceptors (Lipinski definition) is 2. The molecule has 3 nitrogen and oxygen atoms in total. The summed E-state index contributed by atoms with van der Waals surface area (Å²) in [5, 5.41) is 8.91. The lowest BCUT2D eigenvalue weighted by Crippen LogP contribution is -2.46. The smallest absolute Gasteiger partial charge is 0.321 e. The maximum atomic E-state index is 10.9. The van der Waals surface area contributed by atoms with Crippen molar-refractivity contribution in [1.82, 2.24) is 0 Å². The molecule has 0 saturated heterocycles. The van der Waals surface area contributed by atoms with Gasteiger partial charge in [0.25, 0.3) is 0 Å². The average molecular weight is 272 g/mol. The molecule has 82 valence electrons. The van der Waals surface area contributed by atoms with Crippen LogP contribution in [0.15, 0.2) is 28.7 Å². The fraction of sp³-hybridized carbons (Fsp3) is 0.364. The van der Waals surface area contributed by atoms with Gasteiger partial charge >= 0.3 is 5.97 Å². The fourth-order valence-electron chi connectivity index (χ4n) is 1.38. The largest absolute Gasteiger partial charge is 0.480 e. The molecule has 0 saturated carbocycles. The van der Waals surface area contributed by atoms with Crippen LogP contribution in [0.2, 0.25) is 0 Å². The molecule has 0 amide bonds. The minimum Gasteiger partial charge on any atom is -0.480 e. The lowest BCUT2D eigenvalue weighted by atomic mass is 9.78. The van der Waals surface area contributed by atoms with Gasteiger partial charge in [-0.3, -0.25) is 4.79 Å². The van der Waals surface area contributed by atoms with E-state index in [1.807, 2.05) is 38.1 Å². The summed E-state index contributed by atoms with van der Waals surface area (Å²) in [6.45, 7) is 3.65. The van der Waals surface area contributed by atoms with Crippen molar-refractivity contribution in [2.45, 2.75) is 25.3 Å². The van der Waals surface area contributed by atoms with Crippen LogP contribution in [-0.2, 0) is 10.2 Å². The van der Waals surface area contributed by atoms with Gasteiger partial charge in [0.15, 0.2) is 0 Å². The number of benzene rings is 1. The van der Waals surface area contributed by atoms with Gasteiger partial charge in [0.2, 0.25) is 0 Å². The minimum absolute atomic E-state index is 0.588. The van der Waals surface area contributed by atoms with Gasteiger partial charge in [-0.2, -0.15) is 0 Å². The Morgan fingerprint density at radius 1 is 1.53 bits per heavy atom. The highest BCUT2D eigenvalue weighted by atomic mass is 79.9. The molecule has 0 radical (unpaired) electrons. The maximum absolute atomic E-state index is 10.9. The Balaban J connectivity index is 3.10. The molecular weight excluding hydrogens is 258 g/mol. The van der Waals surface area contributed by atoms with Crippen LogP contribution in [0.25, 0.3) is 0 Å². The Hall–Kier alpha value is -0.870. The molecule has 0 fully saturated rings. The number of rotatable bonds is 3. The molecule has 1 aromatic rings. The van der Waals surface area contributed by atoms with Crippen LogP contribution in [0.5, 0.6) is 0 Å². The van der Waals surface area contributed by atoms with Gasteiger partial charge in [0.1, 0.15) is 6.04 Å². The molecule has 0 aliphatic rings. The molecule has 4 heteroatoms. The second-order valence-corrected chi connectivity index (χ2v) is 4.96. The van der Waals surface area contributed by atoms with Crippen LogP contribution < -0.4 is 5.73 Å². The van der Waals surface area contributed by atoms with Crippen LogP contribution in [0, 0.1) is 0 Å². The highest BCUT2D eigenvalue weighted by molar-refractivity contribution is 9.10. The first kappa shape index (κ1) is 12.2. The molecule has 1 unspecified atom stereocenters. The van der Waals surface area contributed by atoms with Crippen molar-refractivity contribution in [2.75, 3.05) is 0 Å². The zero-order valence-corrected chi connectivity index (χ0v) is 10.3. The monoisotopic (exact) mass is 271 g/mol. The number of halogens is 1. The van der Waals surface area contributed by atoms with Crippen molar-refractivity contribution >= 4 is 21.9 Å². The molecule has 0 bridgehead atoms. The number of aliphatic carboxylic acids is 1. The van der Waals surface area contributed by atoms with E-state index in [4.69, 9.17) is 10.8 Å². The normalized spacial score (nSPS) is 13.6. The maximum Gasteiger partial charge on any atom is 0.321 e. The van der Waals surface area contributed by atoms with Crippen LogP contribution in [-0.4, -0.2) is 17.1 Å². The molecule has 1 rings (SSSR count). The molecule has 0 aromatic heterocycles. The summed E-state index contributed by atoms with van der Waals surface area (Å²) in [6, 6.07) is 6.63. The fourth-order valence-corrected chi connectivity index (χ4v) is 1.78. The minimum atomic E-state index is -0.986. The van der Waals surface area contributed by atoms with Crippen molar-refractivity contribution in [3.05, 3.63) is 34.3 Å². The van der Waals surface area contributed by atoms with Gasteiger partial charge < -0.3 is 10.8 Å². The molecule has 0 aliphatic heterocycles. The Morgan fingerprint density at radius 2 is 2.13 bits per heavy atom. The first-order valence-electron chi connectivity index (χ1n) is 4.60. The number of carboxylic acids is 1. The van der Waals surface area contributed by atoms with E-state index in [9.17, 15) is 4.79 Å². The van der Waals surface area contributed by atoms with Crippen LogP contribution in [0.4, 0.5) is 0 Å². The summed E-state index contributed by atoms with van der Waals surface area (Å²) in [6.07, 6.45) is 0. The predicted octanol–water partition coefficient (Wildman–Crippen LogP) is 2.14. The van der Waals surface area contributed by atoms with Gasteiger partial charge in [-0.15, -0.1) is 0 Å². The van der Waals surface area contributed by atoms with Gasteiger partial charge in [0, 0.05) is 9.89 Å². The van der Waals surface area contributed by atoms with E-state index in [0.717, 1.165) is 10.0 Å². The molecule has 3 N–H and O–H groups in total. The zero-order valence-electron chi connectivity index (χ0n) is 8.70. The van der Waals surface area contributed by atoms with Crippen molar-refractivity contribution < 1.29 is 9.90 Å². The van der Waals surface area contributed by atoms with E-state index < -0.39 is 17.4 Å². The van der Waals surface area contributed by atoms with Crippen LogP contribution in [0.1, 0.15) is 19.4 Å². The van der Waals surface area contributed by atoms with Gasteiger partial charge in [0.05, 0.1) is 0 Å². The van der Waals surface area contributed by atoms with Crippen molar-refractivity contribution in [2.24, 2.45) is 5.73 Å². The SMILES string of the molecule is CC(C)(c1cccc(Br)c1)C(N)C(=O)O. The van der Waals surface area contributed by atoms with Crippen molar-refractivity contribution in [3.8, 4) is 0 Å². The molecular formula is C11H14BrNO2. The Morgan fingerprint density at radius 3 is 2.60 bits per heavy atom. The standard InChI is InChI=1S/C11H14BrNO2/c1-11(2,9(13)10(14)15)7-4-3-5-8(12)6-7/h3-6,9H,13H2,1-2H3,(H,14,15). The lowest BCUT2D eigenvalue weighted by Gasteiger charge is -2.29. The highest BCUT2D eigenvalue weighted by Crippen LogP contribution is 2.28. The van der Waals surface area contributed by atoms with Gasteiger partial charge in [-0.1, -0.05) is 41.9 Å². The predicted molar refractivity (Wildman–Crippen MR) is 62.8 cm³/mol. The summed E-state index contributed by atoms with van der Waals surface area (Å²) < 4.78 is 0.922. The second kappa shape index (κ2) is 4.33. The summed E-state index contributed by atoms with van der Waals surface area (Å²) in [7, 11) is 0. The van der Waals surface area contributed by atoms with Crippen LogP contribution >= 0.6 is 15.9 Å². The third-order valence-corrected chi connectivity index (χ3v) is 3.11. The quantitative estimate of drug-likeness (QED) is 0.886. The van der Waals surface area contributed by atoms with Crippen molar-refractivity contribution in [1.29, 1.82) is 0 Å². The summed E-state index contributed by atoms with van der Waals surface area (Å²) in [5.74, 6) is -0.986. The third-order valence-electron chi connectivity index (χ3n) is 2.61. The zero-order chi connectivity index (χ0) is 11.6. The molecule has 0 heterocycles. The highest BCUT2D eigenvalue weighted by Gasteiger charge is 2.33. The van der Waals surface area contributed by atoms with Crippen molar-refractivity contribution in [3.63, 3.8) is 0 Å². The van der Waals surface area contributed by atoms with E-state index in [-0.39, 0.29) is 0 Å². The topological polar surface area (TPSA) is 63.3 Å². The molecule has 1 atom stereocenters. The molecule has 0 aliphatic carbocycles. The first-order chi connectivity index (χ1) is 6.85. The molecule has 15 heavy (non-hydrogen) atoms. The number of hydrogen-bond donors (Lipinski definition) is 2. The number of nitrogens with two attached hydrogens (primary N) is 1. The van der Waals surface area contributed by atoms with E-state index in [1.54, 1.807) is 0 Å². The van der Waals surface area contributed by atoms with E-state index in [2.05, 4.69) is 15.9 Å². The first-order valence-corrected chi connectivity index (χ1v) is 5.39. The van der Waals surface area contributed by atoms with Gasteiger partial charge in [-0.05, 0) is 17.7 Å². The average Bonchev–Trinajstić information content (AvgIpc) is 2.16. The number of carbonyl (C=O) groups is 1.